The van der Waals surface area contributed by atoms with Crippen molar-refractivity contribution in [1.82, 2.24) is 15.5 Å². The maximum atomic E-state index is 12.0. The molecular formula is C13H21N3O4. The van der Waals surface area contributed by atoms with Gasteiger partial charge in [-0.05, 0) is 19.3 Å². The second-order valence-electron chi connectivity index (χ2n) is 5.70. The number of piperidine rings is 1. The Morgan fingerprint density at radius 1 is 1.35 bits per heavy atom. The Labute approximate surface area is 117 Å². The third-order valence-corrected chi connectivity index (χ3v) is 4.18. The highest BCUT2D eigenvalue weighted by Gasteiger charge is 2.43. The normalized spacial score (nSPS) is 25.4. The summed E-state index contributed by atoms with van der Waals surface area (Å²) in [4.78, 5) is 36.3. The highest BCUT2D eigenvalue weighted by molar-refractivity contribution is 5.86. The summed E-state index contributed by atoms with van der Waals surface area (Å²) in [7, 11) is 1.70. The number of likely N-dealkylation sites (N-methyl/N-ethyl adjacent to an activating group) is 1. The number of nitrogens with zero attached hydrogens (tertiary/aromatic N) is 1. The average molecular weight is 283 g/mol. The Kier molecular flexibility index (Phi) is 4.15. The van der Waals surface area contributed by atoms with Crippen molar-refractivity contribution in [2.24, 2.45) is 0 Å². The molecule has 1 saturated carbocycles. The molecule has 1 heterocycles. The minimum absolute atomic E-state index is 0.0706. The van der Waals surface area contributed by atoms with E-state index in [0.29, 0.717) is 32.2 Å². The van der Waals surface area contributed by atoms with Crippen LogP contribution in [0.25, 0.3) is 0 Å². The first-order valence-corrected chi connectivity index (χ1v) is 6.99. The molecule has 0 spiro atoms. The van der Waals surface area contributed by atoms with Gasteiger partial charge in [-0.3, -0.25) is 4.79 Å². The molecule has 1 aliphatic heterocycles. The van der Waals surface area contributed by atoms with Crippen LogP contribution in [0.2, 0.25) is 0 Å². The van der Waals surface area contributed by atoms with Crippen molar-refractivity contribution < 1.29 is 19.5 Å². The Bertz CT molecular complexity index is 418. The van der Waals surface area contributed by atoms with Gasteiger partial charge in [-0.2, -0.15) is 0 Å². The van der Waals surface area contributed by atoms with E-state index in [0.717, 1.165) is 12.8 Å². The van der Waals surface area contributed by atoms with Gasteiger partial charge in [-0.15, -0.1) is 0 Å². The predicted molar refractivity (Wildman–Crippen MR) is 71.2 cm³/mol. The van der Waals surface area contributed by atoms with Crippen LogP contribution < -0.4 is 10.6 Å². The van der Waals surface area contributed by atoms with E-state index in [-0.39, 0.29) is 11.9 Å². The van der Waals surface area contributed by atoms with Crippen LogP contribution in [0.5, 0.6) is 0 Å². The summed E-state index contributed by atoms with van der Waals surface area (Å²) < 4.78 is 0. The molecule has 7 heteroatoms. The van der Waals surface area contributed by atoms with Crippen LogP contribution >= 0.6 is 0 Å². The van der Waals surface area contributed by atoms with Gasteiger partial charge in [-0.25, -0.2) is 9.59 Å². The Hall–Kier alpha value is -1.79. The van der Waals surface area contributed by atoms with Crippen LogP contribution in [0, 0.1) is 0 Å². The van der Waals surface area contributed by atoms with Crippen molar-refractivity contribution in [2.45, 2.75) is 50.1 Å². The second kappa shape index (κ2) is 5.68. The van der Waals surface area contributed by atoms with Crippen molar-refractivity contribution >= 4 is 17.9 Å². The molecule has 0 aromatic heterocycles. The number of carbonyl (C=O) groups is 3. The van der Waals surface area contributed by atoms with E-state index in [1.165, 1.54) is 0 Å². The maximum absolute atomic E-state index is 12.0. The summed E-state index contributed by atoms with van der Waals surface area (Å²) in [6, 6.07) is -0.577. The Morgan fingerprint density at radius 2 is 2.00 bits per heavy atom. The van der Waals surface area contributed by atoms with Gasteiger partial charge < -0.3 is 20.6 Å². The lowest BCUT2D eigenvalue weighted by Gasteiger charge is -2.32. The molecule has 3 N–H and O–H groups in total. The van der Waals surface area contributed by atoms with E-state index in [2.05, 4.69) is 10.6 Å². The van der Waals surface area contributed by atoms with Crippen LogP contribution in [0.1, 0.15) is 38.5 Å². The summed E-state index contributed by atoms with van der Waals surface area (Å²) in [5.41, 5.74) is -1.12. The summed E-state index contributed by atoms with van der Waals surface area (Å²) in [5.74, 6) is -0.901. The quantitative estimate of drug-likeness (QED) is 0.694. The van der Waals surface area contributed by atoms with Gasteiger partial charge in [0.2, 0.25) is 5.91 Å². The number of hydrogen-bond donors (Lipinski definition) is 3. The molecule has 20 heavy (non-hydrogen) atoms. The summed E-state index contributed by atoms with van der Waals surface area (Å²) in [6.45, 7) is 0.465. The number of hydrogen-bond acceptors (Lipinski definition) is 3. The molecule has 0 aromatic rings. The number of nitrogens with one attached hydrogen (secondary N) is 2. The summed E-state index contributed by atoms with van der Waals surface area (Å²) in [5, 5.41) is 14.7. The largest absolute Gasteiger partial charge is 0.480 e. The van der Waals surface area contributed by atoms with Gasteiger partial charge in [-0.1, -0.05) is 12.8 Å². The van der Waals surface area contributed by atoms with Gasteiger partial charge in [0, 0.05) is 26.1 Å². The third kappa shape index (κ3) is 3.02. The molecule has 2 aliphatic rings. The van der Waals surface area contributed by atoms with Crippen LogP contribution in [-0.4, -0.2) is 53.1 Å². The zero-order chi connectivity index (χ0) is 14.8. The molecule has 1 saturated heterocycles. The van der Waals surface area contributed by atoms with E-state index in [1.54, 1.807) is 11.9 Å². The SMILES string of the molecule is CN1CC(NC(=O)NC2(C(=O)O)CCCC2)CCC1=O. The number of urea groups is 1. The van der Waals surface area contributed by atoms with Crippen LogP contribution in [0.3, 0.4) is 0 Å². The highest BCUT2D eigenvalue weighted by Crippen LogP contribution is 2.29. The van der Waals surface area contributed by atoms with Gasteiger partial charge in [0.05, 0.1) is 0 Å². The zero-order valence-electron chi connectivity index (χ0n) is 11.6. The lowest BCUT2D eigenvalue weighted by Crippen LogP contribution is -2.58. The molecule has 7 nitrogen and oxygen atoms in total. The van der Waals surface area contributed by atoms with E-state index in [9.17, 15) is 19.5 Å². The standard InChI is InChI=1S/C13H21N3O4/c1-16-8-9(4-5-10(16)17)14-12(20)15-13(11(18)19)6-2-3-7-13/h9H,2-8H2,1H3,(H,18,19)(H2,14,15,20). The van der Waals surface area contributed by atoms with Crippen molar-refractivity contribution in [2.75, 3.05) is 13.6 Å². The lowest BCUT2D eigenvalue weighted by atomic mass is 9.98. The van der Waals surface area contributed by atoms with E-state index >= 15 is 0 Å². The van der Waals surface area contributed by atoms with E-state index in [4.69, 9.17) is 0 Å². The Morgan fingerprint density at radius 3 is 2.55 bits per heavy atom. The maximum Gasteiger partial charge on any atom is 0.329 e. The Balaban J connectivity index is 1.89. The van der Waals surface area contributed by atoms with Crippen LogP contribution in [0.15, 0.2) is 0 Å². The van der Waals surface area contributed by atoms with Gasteiger partial charge in [0.25, 0.3) is 0 Å². The monoisotopic (exact) mass is 283 g/mol. The van der Waals surface area contributed by atoms with Crippen molar-refractivity contribution in [3.63, 3.8) is 0 Å². The average Bonchev–Trinajstić information content (AvgIpc) is 2.83. The minimum Gasteiger partial charge on any atom is -0.480 e. The highest BCUT2D eigenvalue weighted by atomic mass is 16.4. The lowest BCUT2D eigenvalue weighted by molar-refractivity contribution is -0.144. The topological polar surface area (TPSA) is 98.7 Å². The fourth-order valence-electron chi connectivity index (χ4n) is 2.94. The summed E-state index contributed by atoms with van der Waals surface area (Å²) in [6.07, 6.45) is 3.57. The first kappa shape index (κ1) is 14.6. The molecule has 0 aromatic carbocycles. The number of carbonyl (C=O) groups excluding carboxylic acids is 2. The number of aliphatic carboxylic acids is 1. The van der Waals surface area contributed by atoms with E-state index in [1.807, 2.05) is 0 Å². The fourth-order valence-corrected chi connectivity index (χ4v) is 2.94. The number of carboxylic acids is 1. The van der Waals surface area contributed by atoms with Crippen molar-refractivity contribution in [1.29, 1.82) is 0 Å². The first-order chi connectivity index (χ1) is 9.43. The molecule has 3 amide bonds. The first-order valence-electron chi connectivity index (χ1n) is 6.99. The molecule has 2 fully saturated rings. The fraction of sp³-hybridized carbons (Fsp3) is 0.769. The summed E-state index contributed by atoms with van der Waals surface area (Å²) >= 11 is 0. The van der Waals surface area contributed by atoms with Crippen molar-refractivity contribution in [3.05, 3.63) is 0 Å². The molecule has 1 atom stereocenters. The van der Waals surface area contributed by atoms with Gasteiger partial charge in [0.1, 0.15) is 5.54 Å². The predicted octanol–water partition coefficient (Wildman–Crippen LogP) is 0.304. The van der Waals surface area contributed by atoms with Crippen LogP contribution in [-0.2, 0) is 9.59 Å². The third-order valence-electron chi connectivity index (χ3n) is 4.18. The molecule has 0 bridgehead atoms. The van der Waals surface area contributed by atoms with E-state index < -0.39 is 17.5 Å². The van der Waals surface area contributed by atoms with Gasteiger partial charge in [0.15, 0.2) is 0 Å². The number of carboxylic acid groups (broad SMARTS) is 1. The smallest absolute Gasteiger partial charge is 0.329 e. The molecule has 1 unspecified atom stereocenters. The molecule has 112 valence electrons. The molecule has 1 aliphatic carbocycles. The van der Waals surface area contributed by atoms with Gasteiger partial charge >= 0.3 is 12.0 Å². The minimum atomic E-state index is -1.12. The number of likely N-dealkylation sites (tertiary alicyclic amines) is 1. The van der Waals surface area contributed by atoms with Crippen molar-refractivity contribution in [3.8, 4) is 0 Å². The molecule has 2 rings (SSSR count). The second-order valence-corrected chi connectivity index (χ2v) is 5.70. The molecular weight excluding hydrogens is 262 g/mol. The number of rotatable bonds is 3. The zero-order valence-corrected chi connectivity index (χ0v) is 11.6. The number of amides is 3. The van der Waals surface area contributed by atoms with Crippen LogP contribution in [0.4, 0.5) is 4.79 Å². The molecule has 0 radical (unpaired) electrons.